The molecule has 1 aliphatic rings. The maximum absolute atomic E-state index is 13.9. The molecule has 1 fully saturated rings. The van der Waals surface area contributed by atoms with Crippen molar-refractivity contribution in [1.29, 1.82) is 0 Å². The minimum Gasteiger partial charge on any atom is -0.447 e. The third-order valence-electron chi connectivity index (χ3n) is 4.92. The molecule has 1 amide bonds. The highest BCUT2D eigenvalue weighted by Crippen LogP contribution is 2.20. The SMILES string of the molecule is CCN(C(=O)c1coc(CN2CCN(c3ccccc3F)CC2)n1)C(C)C. The Bertz CT molecular complexity index is 769. The van der Waals surface area contributed by atoms with E-state index in [1.807, 2.05) is 32.9 Å². The van der Waals surface area contributed by atoms with Crippen molar-refractivity contribution in [3.05, 3.63) is 47.9 Å². The minimum atomic E-state index is -0.188. The van der Waals surface area contributed by atoms with E-state index in [0.717, 1.165) is 26.2 Å². The van der Waals surface area contributed by atoms with Gasteiger partial charge in [0.25, 0.3) is 5.91 Å². The van der Waals surface area contributed by atoms with Crippen LogP contribution in [0.3, 0.4) is 0 Å². The Kier molecular flexibility index (Phi) is 6.11. The molecule has 146 valence electrons. The van der Waals surface area contributed by atoms with Gasteiger partial charge in [-0.05, 0) is 32.9 Å². The Balaban J connectivity index is 1.56. The summed E-state index contributed by atoms with van der Waals surface area (Å²) in [5.74, 6) is 0.247. The first-order valence-electron chi connectivity index (χ1n) is 9.46. The predicted molar refractivity (Wildman–Crippen MR) is 102 cm³/mol. The Morgan fingerprint density at radius 1 is 1.26 bits per heavy atom. The highest BCUT2D eigenvalue weighted by Gasteiger charge is 2.23. The quantitative estimate of drug-likeness (QED) is 0.778. The van der Waals surface area contributed by atoms with Crippen molar-refractivity contribution < 1.29 is 13.6 Å². The van der Waals surface area contributed by atoms with Gasteiger partial charge < -0.3 is 14.2 Å². The molecule has 0 atom stereocenters. The molecule has 0 bridgehead atoms. The van der Waals surface area contributed by atoms with Crippen LogP contribution in [0.25, 0.3) is 0 Å². The number of para-hydroxylation sites is 1. The summed E-state index contributed by atoms with van der Waals surface area (Å²) in [6, 6.07) is 6.98. The van der Waals surface area contributed by atoms with Gasteiger partial charge in [0.05, 0.1) is 12.2 Å². The minimum absolute atomic E-state index is 0.105. The molecule has 7 heteroatoms. The van der Waals surface area contributed by atoms with Gasteiger partial charge in [0.1, 0.15) is 12.1 Å². The van der Waals surface area contributed by atoms with E-state index in [0.29, 0.717) is 30.4 Å². The number of nitrogens with zero attached hydrogens (tertiary/aromatic N) is 4. The number of benzene rings is 1. The van der Waals surface area contributed by atoms with Gasteiger partial charge >= 0.3 is 0 Å². The van der Waals surface area contributed by atoms with Gasteiger partial charge in [0.15, 0.2) is 5.69 Å². The lowest BCUT2D eigenvalue weighted by molar-refractivity contribution is 0.0710. The van der Waals surface area contributed by atoms with Crippen LogP contribution in [0, 0.1) is 5.82 Å². The standard InChI is InChI=1S/C20H27FN4O2/c1-4-25(15(2)3)20(26)17-14-27-19(22-17)13-23-9-11-24(12-10-23)18-8-6-5-7-16(18)21/h5-8,14-15H,4,9-13H2,1-3H3. The zero-order valence-corrected chi connectivity index (χ0v) is 16.2. The molecule has 1 aromatic heterocycles. The summed E-state index contributed by atoms with van der Waals surface area (Å²) < 4.78 is 19.5. The van der Waals surface area contributed by atoms with Gasteiger partial charge in [-0.2, -0.15) is 0 Å². The van der Waals surface area contributed by atoms with Crippen LogP contribution < -0.4 is 4.90 Å². The molecule has 1 saturated heterocycles. The lowest BCUT2D eigenvalue weighted by Gasteiger charge is -2.35. The van der Waals surface area contributed by atoms with Crippen LogP contribution in [-0.2, 0) is 6.54 Å². The number of anilines is 1. The monoisotopic (exact) mass is 374 g/mol. The van der Waals surface area contributed by atoms with E-state index in [-0.39, 0.29) is 17.8 Å². The Morgan fingerprint density at radius 3 is 2.59 bits per heavy atom. The normalized spacial score (nSPS) is 15.4. The van der Waals surface area contributed by atoms with Crippen LogP contribution >= 0.6 is 0 Å². The van der Waals surface area contributed by atoms with Crippen LogP contribution in [0.1, 0.15) is 37.2 Å². The number of carbonyl (C=O) groups is 1. The number of oxazole rings is 1. The number of halogens is 1. The average molecular weight is 374 g/mol. The smallest absolute Gasteiger partial charge is 0.276 e. The zero-order valence-electron chi connectivity index (χ0n) is 16.2. The van der Waals surface area contributed by atoms with Gasteiger partial charge in [-0.3, -0.25) is 9.69 Å². The van der Waals surface area contributed by atoms with Crippen molar-refractivity contribution in [3.63, 3.8) is 0 Å². The van der Waals surface area contributed by atoms with Crippen LogP contribution in [0.5, 0.6) is 0 Å². The van der Waals surface area contributed by atoms with Crippen molar-refractivity contribution in [1.82, 2.24) is 14.8 Å². The summed E-state index contributed by atoms with van der Waals surface area (Å²) in [6.07, 6.45) is 1.44. The molecule has 0 aliphatic carbocycles. The van der Waals surface area contributed by atoms with Crippen LogP contribution in [0.15, 0.2) is 34.9 Å². The van der Waals surface area contributed by atoms with E-state index in [9.17, 15) is 9.18 Å². The summed E-state index contributed by atoms with van der Waals surface area (Å²) in [7, 11) is 0. The summed E-state index contributed by atoms with van der Waals surface area (Å²) in [5.41, 5.74) is 1.00. The molecular formula is C20H27FN4O2. The van der Waals surface area contributed by atoms with Crippen molar-refractivity contribution in [3.8, 4) is 0 Å². The summed E-state index contributed by atoms with van der Waals surface area (Å²) >= 11 is 0. The number of carbonyl (C=O) groups excluding carboxylic acids is 1. The topological polar surface area (TPSA) is 52.8 Å². The Labute approximate surface area is 159 Å². The van der Waals surface area contributed by atoms with E-state index >= 15 is 0 Å². The zero-order chi connectivity index (χ0) is 19.4. The maximum atomic E-state index is 13.9. The van der Waals surface area contributed by atoms with E-state index in [1.54, 1.807) is 11.0 Å². The molecule has 0 spiro atoms. The van der Waals surface area contributed by atoms with Crippen LogP contribution in [0.4, 0.5) is 10.1 Å². The molecule has 1 aliphatic heterocycles. The number of hydrogen-bond acceptors (Lipinski definition) is 5. The predicted octanol–water partition coefficient (Wildman–Crippen LogP) is 3.01. The van der Waals surface area contributed by atoms with Gasteiger partial charge in [-0.25, -0.2) is 9.37 Å². The third kappa shape index (κ3) is 4.47. The van der Waals surface area contributed by atoms with Crippen LogP contribution in [0.2, 0.25) is 0 Å². The molecule has 27 heavy (non-hydrogen) atoms. The lowest BCUT2D eigenvalue weighted by Crippen LogP contribution is -2.46. The van der Waals surface area contributed by atoms with Gasteiger partial charge in [-0.15, -0.1) is 0 Å². The molecular weight excluding hydrogens is 347 g/mol. The molecule has 0 radical (unpaired) electrons. The molecule has 0 unspecified atom stereocenters. The summed E-state index contributed by atoms with van der Waals surface area (Å²) in [5, 5.41) is 0. The fourth-order valence-corrected chi connectivity index (χ4v) is 3.42. The Morgan fingerprint density at radius 2 is 1.96 bits per heavy atom. The third-order valence-corrected chi connectivity index (χ3v) is 4.92. The van der Waals surface area contributed by atoms with Gasteiger partial charge in [-0.1, -0.05) is 12.1 Å². The fraction of sp³-hybridized carbons (Fsp3) is 0.500. The van der Waals surface area contributed by atoms with Gasteiger partial charge in [0.2, 0.25) is 5.89 Å². The summed E-state index contributed by atoms with van der Waals surface area (Å²) in [6.45, 7) is 10.2. The average Bonchev–Trinajstić information content (AvgIpc) is 3.12. The highest BCUT2D eigenvalue weighted by atomic mass is 19.1. The van der Waals surface area contributed by atoms with Crippen molar-refractivity contribution >= 4 is 11.6 Å². The lowest BCUT2D eigenvalue weighted by atomic mass is 10.2. The number of hydrogen-bond donors (Lipinski definition) is 0. The van der Waals surface area contributed by atoms with E-state index in [2.05, 4.69) is 14.8 Å². The van der Waals surface area contributed by atoms with E-state index in [4.69, 9.17) is 4.42 Å². The first kappa shape index (κ1) is 19.4. The van der Waals surface area contributed by atoms with Gasteiger partial charge in [0, 0.05) is 38.8 Å². The molecule has 1 aromatic carbocycles. The second-order valence-corrected chi connectivity index (χ2v) is 7.03. The number of aromatic nitrogens is 1. The first-order chi connectivity index (χ1) is 13.0. The largest absolute Gasteiger partial charge is 0.447 e. The second-order valence-electron chi connectivity index (χ2n) is 7.03. The maximum Gasteiger partial charge on any atom is 0.276 e. The fourth-order valence-electron chi connectivity index (χ4n) is 3.42. The molecule has 2 aromatic rings. The number of amides is 1. The molecule has 0 saturated carbocycles. The second kappa shape index (κ2) is 8.52. The highest BCUT2D eigenvalue weighted by molar-refractivity contribution is 5.92. The molecule has 2 heterocycles. The van der Waals surface area contributed by atoms with Crippen molar-refractivity contribution in [2.24, 2.45) is 0 Å². The number of piperazine rings is 1. The van der Waals surface area contributed by atoms with Crippen molar-refractivity contribution in [2.75, 3.05) is 37.6 Å². The van der Waals surface area contributed by atoms with Crippen LogP contribution in [-0.4, -0.2) is 59.5 Å². The molecule has 3 rings (SSSR count). The number of rotatable bonds is 6. The van der Waals surface area contributed by atoms with E-state index < -0.39 is 0 Å². The first-order valence-corrected chi connectivity index (χ1v) is 9.46. The Hall–Kier alpha value is -2.41. The van der Waals surface area contributed by atoms with Crippen molar-refractivity contribution in [2.45, 2.75) is 33.4 Å². The van der Waals surface area contributed by atoms with E-state index in [1.165, 1.54) is 12.3 Å². The summed E-state index contributed by atoms with van der Waals surface area (Å²) in [4.78, 5) is 22.9. The molecule has 6 nitrogen and oxygen atoms in total. The molecule has 0 N–H and O–H groups in total.